The van der Waals surface area contributed by atoms with E-state index < -0.39 is 5.97 Å². The molecule has 136 valence electrons. The Hall–Kier alpha value is -3.29. The third-order valence-corrected chi connectivity index (χ3v) is 3.98. The molecule has 3 rings (SSSR count). The highest BCUT2D eigenvalue weighted by Gasteiger charge is 2.21. The first-order valence-corrected chi connectivity index (χ1v) is 7.89. The molecule has 0 aliphatic carbocycles. The highest BCUT2D eigenvalue weighted by Crippen LogP contribution is 2.29. The van der Waals surface area contributed by atoms with Crippen LogP contribution in [-0.4, -0.2) is 43.4 Å². The number of fused-ring (bicyclic) bond motifs is 1. The maximum Gasteiger partial charge on any atom is 0.341 e. The standard InChI is InChI=1S/C18H18N2O6/c1-10-13(18(23)24-3)7-12(26-10)8-20(2)17(22)11-4-5-14-15(6-11)25-9-16(21)19-14/h4-7H,8-9H2,1-3H3,(H,19,21). The van der Waals surface area contributed by atoms with Crippen molar-refractivity contribution in [2.24, 2.45) is 0 Å². The van der Waals surface area contributed by atoms with Crippen LogP contribution in [0.5, 0.6) is 5.75 Å². The number of anilines is 1. The monoisotopic (exact) mass is 358 g/mol. The maximum atomic E-state index is 12.6. The number of hydrogen-bond donors (Lipinski definition) is 1. The van der Waals surface area contributed by atoms with Gasteiger partial charge in [0.15, 0.2) is 6.61 Å². The van der Waals surface area contributed by atoms with Crippen LogP contribution in [0.2, 0.25) is 0 Å². The van der Waals surface area contributed by atoms with Crippen molar-refractivity contribution in [1.82, 2.24) is 4.90 Å². The predicted molar refractivity (Wildman–Crippen MR) is 91.1 cm³/mol. The van der Waals surface area contributed by atoms with Crippen LogP contribution >= 0.6 is 0 Å². The van der Waals surface area contributed by atoms with Gasteiger partial charge in [0.1, 0.15) is 22.8 Å². The second-order valence-electron chi connectivity index (χ2n) is 5.88. The number of furan rings is 1. The third-order valence-electron chi connectivity index (χ3n) is 3.98. The molecule has 1 aromatic carbocycles. The Morgan fingerprint density at radius 3 is 2.81 bits per heavy atom. The highest BCUT2D eigenvalue weighted by atomic mass is 16.5. The molecule has 2 heterocycles. The first-order valence-electron chi connectivity index (χ1n) is 7.89. The summed E-state index contributed by atoms with van der Waals surface area (Å²) >= 11 is 0. The Labute approximate surface area is 149 Å². The Morgan fingerprint density at radius 1 is 1.31 bits per heavy atom. The summed E-state index contributed by atoms with van der Waals surface area (Å²) in [5.41, 5.74) is 1.28. The van der Waals surface area contributed by atoms with E-state index in [1.54, 1.807) is 38.2 Å². The van der Waals surface area contributed by atoms with E-state index in [-0.39, 0.29) is 25.0 Å². The lowest BCUT2D eigenvalue weighted by atomic mass is 10.1. The highest BCUT2D eigenvalue weighted by molar-refractivity contribution is 5.99. The summed E-state index contributed by atoms with van der Waals surface area (Å²) in [6.45, 7) is 1.76. The van der Waals surface area contributed by atoms with E-state index in [2.05, 4.69) is 10.1 Å². The SMILES string of the molecule is COC(=O)c1cc(CN(C)C(=O)c2ccc3c(c2)OCC(=O)N3)oc1C. The summed E-state index contributed by atoms with van der Waals surface area (Å²) in [7, 11) is 2.92. The van der Waals surface area contributed by atoms with Crippen molar-refractivity contribution in [1.29, 1.82) is 0 Å². The lowest BCUT2D eigenvalue weighted by Gasteiger charge is -2.20. The van der Waals surface area contributed by atoms with Gasteiger partial charge >= 0.3 is 5.97 Å². The first-order chi connectivity index (χ1) is 12.4. The second kappa shape index (κ2) is 6.91. The van der Waals surface area contributed by atoms with E-state index in [1.165, 1.54) is 12.0 Å². The minimum Gasteiger partial charge on any atom is -0.482 e. The molecular weight excluding hydrogens is 340 g/mol. The Kier molecular flexibility index (Phi) is 4.66. The molecule has 0 bridgehead atoms. The number of nitrogens with one attached hydrogen (secondary N) is 1. The fourth-order valence-electron chi connectivity index (χ4n) is 2.67. The smallest absolute Gasteiger partial charge is 0.341 e. The van der Waals surface area contributed by atoms with Gasteiger partial charge in [0.05, 0.1) is 19.3 Å². The zero-order valence-corrected chi connectivity index (χ0v) is 14.6. The molecule has 0 fully saturated rings. The van der Waals surface area contributed by atoms with Crippen molar-refractivity contribution < 1.29 is 28.3 Å². The maximum absolute atomic E-state index is 12.6. The Bertz CT molecular complexity index is 886. The quantitative estimate of drug-likeness (QED) is 0.839. The predicted octanol–water partition coefficient (Wildman–Crippen LogP) is 1.98. The van der Waals surface area contributed by atoms with Crippen molar-refractivity contribution in [3.05, 3.63) is 46.9 Å². The van der Waals surface area contributed by atoms with Crippen molar-refractivity contribution in [2.45, 2.75) is 13.5 Å². The summed E-state index contributed by atoms with van der Waals surface area (Å²) in [6.07, 6.45) is 0. The number of rotatable bonds is 4. The molecular formula is C18H18N2O6. The number of carbonyl (C=O) groups excluding carboxylic acids is 3. The van der Waals surface area contributed by atoms with Crippen molar-refractivity contribution in [3.63, 3.8) is 0 Å². The number of aryl methyl sites for hydroxylation is 1. The van der Waals surface area contributed by atoms with Crippen molar-refractivity contribution >= 4 is 23.5 Å². The molecule has 1 N–H and O–H groups in total. The largest absolute Gasteiger partial charge is 0.482 e. The average Bonchev–Trinajstić information content (AvgIpc) is 3.00. The molecule has 2 aromatic rings. The lowest BCUT2D eigenvalue weighted by molar-refractivity contribution is -0.118. The molecule has 1 aliphatic rings. The fourth-order valence-corrected chi connectivity index (χ4v) is 2.67. The number of esters is 1. The Balaban J connectivity index is 1.74. The van der Waals surface area contributed by atoms with Gasteiger partial charge in [-0.25, -0.2) is 4.79 Å². The van der Waals surface area contributed by atoms with Gasteiger partial charge in [-0.15, -0.1) is 0 Å². The van der Waals surface area contributed by atoms with E-state index in [0.29, 0.717) is 34.1 Å². The van der Waals surface area contributed by atoms with Crippen LogP contribution in [0.15, 0.2) is 28.7 Å². The molecule has 26 heavy (non-hydrogen) atoms. The minimum absolute atomic E-state index is 0.0809. The number of hydrogen-bond acceptors (Lipinski definition) is 6. The van der Waals surface area contributed by atoms with Crippen LogP contribution in [0.3, 0.4) is 0 Å². The number of carbonyl (C=O) groups is 3. The van der Waals surface area contributed by atoms with Gasteiger partial charge in [-0.2, -0.15) is 0 Å². The normalized spacial score (nSPS) is 12.7. The van der Waals surface area contributed by atoms with E-state index in [0.717, 1.165) is 0 Å². The molecule has 0 spiro atoms. The van der Waals surface area contributed by atoms with Gasteiger partial charge in [0.2, 0.25) is 0 Å². The summed E-state index contributed by atoms with van der Waals surface area (Å²) < 4.78 is 15.5. The number of nitrogens with zero attached hydrogens (tertiary/aromatic N) is 1. The summed E-state index contributed by atoms with van der Waals surface area (Å²) in [5.74, 6) is 0.391. The number of amides is 2. The Morgan fingerprint density at radius 2 is 2.08 bits per heavy atom. The topological polar surface area (TPSA) is 98.1 Å². The zero-order valence-electron chi connectivity index (χ0n) is 14.6. The van der Waals surface area contributed by atoms with Crippen LogP contribution in [-0.2, 0) is 16.1 Å². The van der Waals surface area contributed by atoms with E-state index >= 15 is 0 Å². The molecule has 1 aliphatic heterocycles. The van der Waals surface area contributed by atoms with Gasteiger partial charge in [-0.05, 0) is 31.2 Å². The zero-order chi connectivity index (χ0) is 18.8. The second-order valence-corrected chi connectivity index (χ2v) is 5.88. The van der Waals surface area contributed by atoms with Gasteiger partial charge in [0, 0.05) is 12.6 Å². The molecule has 8 heteroatoms. The van der Waals surface area contributed by atoms with Gasteiger partial charge in [0.25, 0.3) is 11.8 Å². The van der Waals surface area contributed by atoms with Crippen LogP contribution in [0, 0.1) is 6.92 Å². The minimum atomic E-state index is -0.486. The van der Waals surface area contributed by atoms with Crippen LogP contribution in [0.1, 0.15) is 32.2 Å². The third kappa shape index (κ3) is 3.39. The molecule has 0 radical (unpaired) electrons. The molecule has 0 saturated heterocycles. The summed E-state index contributed by atoms with van der Waals surface area (Å²) in [6, 6.07) is 6.39. The van der Waals surface area contributed by atoms with E-state index in [9.17, 15) is 14.4 Å². The molecule has 0 saturated carbocycles. The molecule has 8 nitrogen and oxygen atoms in total. The number of methoxy groups -OCH3 is 1. The first kappa shape index (κ1) is 17.5. The summed E-state index contributed by atoms with van der Waals surface area (Å²) in [4.78, 5) is 37.0. The van der Waals surface area contributed by atoms with Crippen LogP contribution in [0.25, 0.3) is 0 Å². The van der Waals surface area contributed by atoms with E-state index in [1.807, 2.05) is 0 Å². The average molecular weight is 358 g/mol. The van der Waals surface area contributed by atoms with Crippen LogP contribution in [0.4, 0.5) is 5.69 Å². The molecule has 0 unspecified atom stereocenters. The van der Waals surface area contributed by atoms with Crippen molar-refractivity contribution in [2.75, 3.05) is 26.1 Å². The van der Waals surface area contributed by atoms with E-state index in [4.69, 9.17) is 9.15 Å². The van der Waals surface area contributed by atoms with Crippen molar-refractivity contribution in [3.8, 4) is 5.75 Å². The number of ether oxygens (including phenoxy) is 2. The summed E-state index contributed by atoms with van der Waals surface area (Å²) in [5, 5.41) is 2.67. The molecule has 0 atom stereocenters. The van der Waals surface area contributed by atoms with Gasteiger partial charge < -0.3 is 24.1 Å². The lowest BCUT2D eigenvalue weighted by Crippen LogP contribution is -2.28. The molecule has 2 amide bonds. The fraction of sp³-hybridized carbons (Fsp3) is 0.278. The molecule has 1 aromatic heterocycles. The van der Waals surface area contributed by atoms with Crippen LogP contribution < -0.4 is 10.1 Å². The van der Waals surface area contributed by atoms with Gasteiger partial charge in [-0.3, -0.25) is 9.59 Å². The number of benzene rings is 1. The van der Waals surface area contributed by atoms with Gasteiger partial charge in [-0.1, -0.05) is 0 Å².